The van der Waals surface area contributed by atoms with E-state index in [-0.39, 0.29) is 5.56 Å². The number of hydrogen-bond donors (Lipinski definition) is 2. The number of benzene rings is 1. The minimum absolute atomic E-state index is 0.294. The summed E-state index contributed by atoms with van der Waals surface area (Å²) in [6, 6.07) is 13.5. The third-order valence-electron chi connectivity index (χ3n) is 5.34. The van der Waals surface area contributed by atoms with Crippen molar-refractivity contribution in [1.29, 1.82) is 0 Å². The van der Waals surface area contributed by atoms with E-state index in [4.69, 9.17) is 9.15 Å². The van der Waals surface area contributed by atoms with Crippen molar-refractivity contribution in [3.05, 3.63) is 86.7 Å². The number of carbonyl (C=O) groups is 1. The monoisotopic (exact) mass is 467 g/mol. The summed E-state index contributed by atoms with van der Waals surface area (Å²) in [5.41, 5.74) is 1.30. The highest BCUT2D eigenvalue weighted by Gasteiger charge is 2.21. The van der Waals surface area contributed by atoms with Crippen LogP contribution < -0.4 is 5.56 Å². The Bertz CT molecular complexity index is 1280. The molecule has 0 saturated heterocycles. The van der Waals surface area contributed by atoms with Gasteiger partial charge in [-0.25, -0.2) is 9.78 Å². The maximum absolute atomic E-state index is 12.8. The molecule has 0 aliphatic rings. The number of aliphatic hydroxyl groups is 1. The summed E-state index contributed by atoms with van der Waals surface area (Å²) in [7, 11) is 1.31. The number of fused-ring (bicyclic) bond motifs is 1. The van der Waals surface area contributed by atoms with Gasteiger partial charge in [0.05, 0.1) is 38.0 Å². The van der Waals surface area contributed by atoms with E-state index in [2.05, 4.69) is 9.97 Å². The number of methoxy groups -OCH3 is 1. The first-order valence-corrected chi connectivity index (χ1v) is 11.3. The molecule has 9 heteroatoms. The molecular formula is C24H25N3O5S. The summed E-state index contributed by atoms with van der Waals surface area (Å²) < 4.78 is 10.3. The lowest BCUT2D eigenvalue weighted by atomic mass is 10.1. The third kappa shape index (κ3) is 5.39. The number of esters is 1. The van der Waals surface area contributed by atoms with Gasteiger partial charge in [-0.1, -0.05) is 30.3 Å². The van der Waals surface area contributed by atoms with Crippen LogP contribution in [0.4, 0.5) is 0 Å². The lowest BCUT2D eigenvalue weighted by Crippen LogP contribution is -2.34. The zero-order chi connectivity index (χ0) is 23.4. The summed E-state index contributed by atoms with van der Waals surface area (Å²) in [5.74, 6) is 0.703. The molecule has 0 saturated carbocycles. The van der Waals surface area contributed by atoms with Crippen molar-refractivity contribution in [3.8, 4) is 0 Å². The Balaban J connectivity index is 1.58. The topological polar surface area (TPSA) is 109 Å². The Hall–Kier alpha value is -3.27. The number of furan rings is 1. The maximum atomic E-state index is 12.8. The first-order valence-electron chi connectivity index (χ1n) is 10.5. The van der Waals surface area contributed by atoms with Crippen molar-refractivity contribution >= 4 is 27.5 Å². The van der Waals surface area contributed by atoms with Gasteiger partial charge in [0.15, 0.2) is 0 Å². The van der Waals surface area contributed by atoms with Crippen molar-refractivity contribution < 1.29 is 19.1 Å². The van der Waals surface area contributed by atoms with Gasteiger partial charge < -0.3 is 19.2 Å². The van der Waals surface area contributed by atoms with Crippen LogP contribution in [0.5, 0.6) is 0 Å². The van der Waals surface area contributed by atoms with Gasteiger partial charge in [-0.2, -0.15) is 0 Å². The van der Waals surface area contributed by atoms with E-state index in [1.54, 1.807) is 13.2 Å². The van der Waals surface area contributed by atoms with Crippen molar-refractivity contribution in [2.75, 3.05) is 13.7 Å². The summed E-state index contributed by atoms with van der Waals surface area (Å²) in [5, 5.41) is 11.1. The van der Waals surface area contributed by atoms with Gasteiger partial charge in [-0.15, -0.1) is 11.3 Å². The van der Waals surface area contributed by atoms with Gasteiger partial charge in [0.25, 0.3) is 5.56 Å². The first-order chi connectivity index (χ1) is 15.9. The highest BCUT2D eigenvalue weighted by atomic mass is 32.1. The summed E-state index contributed by atoms with van der Waals surface area (Å²) in [6.45, 7) is 2.80. The van der Waals surface area contributed by atoms with Crippen LogP contribution in [-0.2, 0) is 24.2 Å². The zero-order valence-electron chi connectivity index (χ0n) is 18.4. The molecule has 0 bridgehead atoms. The van der Waals surface area contributed by atoms with Crippen molar-refractivity contribution in [1.82, 2.24) is 14.9 Å². The molecule has 2 N–H and O–H groups in total. The Morgan fingerprint density at radius 3 is 2.73 bits per heavy atom. The molecule has 3 heterocycles. The van der Waals surface area contributed by atoms with E-state index in [1.165, 1.54) is 7.11 Å². The largest absolute Gasteiger partial charge is 0.468 e. The number of ether oxygens (including phenoxy) is 1. The number of aryl methyl sites for hydroxylation is 1. The van der Waals surface area contributed by atoms with Gasteiger partial charge >= 0.3 is 5.97 Å². The molecular weight excluding hydrogens is 442 g/mol. The van der Waals surface area contributed by atoms with Gasteiger partial charge in [0.1, 0.15) is 21.3 Å². The first kappa shape index (κ1) is 22.9. The quantitative estimate of drug-likeness (QED) is 0.364. The number of thiophene rings is 1. The number of aliphatic hydroxyl groups excluding tert-OH is 1. The minimum atomic E-state index is -0.618. The average molecular weight is 468 g/mol. The van der Waals surface area contributed by atoms with Gasteiger partial charge in [0, 0.05) is 6.54 Å². The Morgan fingerprint density at radius 1 is 1.24 bits per heavy atom. The second-order valence-electron chi connectivity index (χ2n) is 7.83. The molecule has 0 fully saturated rings. The smallest absolute Gasteiger partial charge is 0.348 e. The van der Waals surface area contributed by atoms with Crippen LogP contribution in [0.1, 0.15) is 32.4 Å². The average Bonchev–Trinajstić information content (AvgIpc) is 3.41. The fraction of sp³-hybridized carbons (Fsp3) is 0.292. The molecule has 4 rings (SSSR count). The molecule has 3 aromatic heterocycles. The third-order valence-corrected chi connectivity index (χ3v) is 6.50. The molecule has 1 aromatic carbocycles. The molecule has 0 aliphatic heterocycles. The van der Waals surface area contributed by atoms with E-state index >= 15 is 0 Å². The number of aromatic nitrogens is 2. The van der Waals surface area contributed by atoms with Gasteiger partial charge in [0.2, 0.25) is 0 Å². The van der Waals surface area contributed by atoms with Crippen LogP contribution in [0.25, 0.3) is 10.2 Å². The van der Waals surface area contributed by atoms with Gasteiger partial charge in [-0.3, -0.25) is 9.69 Å². The number of H-pyrrole nitrogens is 1. The Kier molecular flexibility index (Phi) is 7.02. The second kappa shape index (κ2) is 10.1. The molecule has 33 heavy (non-hydrogen) atoms. The summed E-state index contributed by atoms with van der Waals surface area (Å²) >= 11 is 1.14. The highest BCUT2D eigenvalue weighted by Crippen LogP contribution is 2.27. The molecule has 172 valence electrons. The number of rotatable bonds is 9. The predicted octanol–water partition coefficient (Wildman–Crippen LogP) is 3.28. The van der Waals surface area contributed by atoms with E-state index in [9.17, 15) is 14.7 Å². The minimum Gasteiger partial charge on any atom is -0.468 e. The zero-order valence-corrected chi connectivity index (χ0v) is 19.2. The fourth-order valence-corrected chi connectivity index (χ4v) is 4.94. The molecule has 0 radical (unpaired) electrons. The van der Waals surface area contributed by atoms with Crippen molar-refractivity contribution in [2.45, 2.75) is 32.5 Å². The SMILES string of the molecule is COC(=O)c1sc2nc(CN(Cc3ccco3)C[C@@H](O)Cc3ccccc3)[nH]c(=O)c2c1C. The molecule has 0 unspecified atom stereocenters. The van der Waals surface area contributed by atoms with Crippen LogP contribution in [0.15, 0.2) is 57.9 Å². The molecule has 0 aliphatic carbocycles. The molecule has 1 atom stereocenters. The number of carbonyl (C=O) groups excluding carboxylic acids is 1. The van der Waals surface area contributed by atoms with Crippen LogP contribution in [0.3, 0.4) is 0 Å². The summed E-state index contributed by atoms with van der Waals surface area (Å²) in [4.78, 5) is 35.1. The molecule has 8 nitrogen and oxygen atoms in total. The van der Waals surface area contributed by atoms with Crippen LogP contribution >= 0.6 is 11.3 Å². The van der Waals surface area contributed by atoms with Crippen LogP contribution in [-0.4, -0.2) is 45.7 Å². The van der Waals surface area contributed by atoms with E-state index < -0.39 is 12.1 Å². The van der Waals surface area contributed by atoms with Crippen LogP contribution in [0.2, 0.25) is 0 Å². The van der Waals surface area contributed by atoms with Gasteiger partial charge in [-0.05, 0) is 36.6 Å². The van der Waals surface area contributed by atoms with E-state index in [1.807, 2.05) is 47.4 Å². The lowest BCUT2D eigenvalue weighted by molar-refractivity contribution is 0.0605. The standard InChI is InChI=1S/C24H25N3O5S/c1-15-20-22(29)25-19(26-23(20)33-21(15)24(30)31-2)14-27(13-18-9-6-10-32-18)12-17(28)11-16-7-4-3-5-8-16/h3-10,17,28H,11-14H2,1-2H3,(H,25,26,29)/t17-/m0/s1. The Morgan fingerprint density at radius 2 is 2.03 bits per heavy atom. The number of nitrogens with zero attached hydrogens (tertiary/aromatic N) is 2. The van der Waals surface area contributed by atoms with Crippen molar-refractivity contribution in [2.24, 2.45) is 0 Å². The fourth-order valence-electron chi connectivity index (χ4n) is 3.82. The van der Waals surface area contributed by atoms with Crippen molar-refractivity contribution in [3.63, 3.8) is 0 Å². The predicted molar refractivity (Wildman–Crippen MR) is 125 cm³/mol. The molecule has 0 amide bonds. The lowest BCUT2D eigenvalue weighted by Gasteiger charge is -2.24. The summed E-state index contributed by atoms with van der Waals surface area (Å²) in [6.07, 6.45) is 1.49. The second-order valence-corrected chi connectivity index (χ2v) is 8.83. The normalized spacial score (nSPS) is 12.4. The molecule has 0 spiro atoms. The highest BCUT2D eigenvalue weighted by molar-refractivity contribution is 7.20. The van der Waals surface area contributed by atoms with Crippen LogP contribution in [0, 0.1) is 6.92 Å². The Labute approximate surface area is 194 Å². The van der Waals surface area contributed by atoms with E-state index in [0.717, 1.165) is 22.7 Å². The number of hydrogen-bond acceptors (Lipinski definition) is 8. The number of nitrogens with one attached hydrogen (secondary N) is 1. The maximum Gasteiger partial charge on any atom is 0.348 e. The molecule has 4 aromatic rings. The van der Waals surface area contributed by atoms with E-state index in [0.29, 0.717) is 52.5 Å². The number of aromatic amines is 1.